The number of aromatic nitrogens is 5. The molecule has 0 saturated carbocycles. The molecule has 192 valence electrons. The Morgan fingerprint density at radius 1 is 1.25 bits per heavy atom. The average molecular weight is 531 g/mol. The largest absolute Gasteiger partial charge is 0.475 e. The number of alkyl halides is 5. The van der Waals surface area contributed by atoms with Crippen LogP contribution in [0, 0.1) is 5.92 Å². The van der Waals surface area contributed by atoms with Crippen molar-refractivity contribution in [1.82, 2.24) is 30.1 Å². The smallest absolute Gasteiger partial charge is 0.417 e. The highest BCUT2D eigenvalue weighted by Crippen LogP contribution is 2.37. The molecule has 1 aliphatic heterocycles. The van der Waals surface area contributed by atoms with E-state index in [9.17, 15) is 26.7 Å². The van der Waals surface area contributed by atoms with Gasteiger partial charge < -0.3 is 9.64 Å². The first-order valence-electron chi connectivity index (χ1n) is 10.7. The van der Waals surface area contributed by atoms with Crippen molar-refractivity contribution in [2.24, 2.45) is 13.0 Å². The molecule has 0 aliphatic carbocycles. The van der Waals surface area contributed by atoms with E-state index in [0.29, 0.717) is 6.20 Å². The maximum absolute atomic E-state index is 14.6. The van der Waals surface area contributed by atoms with Crippen LogP contribution >= 0.6 is 11.6 Å². The second-order valence-electron chi connectivity index (χ2n) is 8.52. The summed E-state index contributed by atoms with van der Waals surface area (Å²) in [7, 11) is 1.53. The normalized spacial score (nSPS) is 19.8. The third-order valence-corrected chi connectivity index (χ3v) is 6.00. The third kappa shape index (κ3) is 5.55. The van der Waals surface area contributed by atoms with E-state index in [4.69, 9.17) is 16.3 Å². The summed E-state index contributed by atoms with van der Waals surface area (Å²) in [6.45, 7) is 0.399. The topological polar surface area (TPSA) is 86.0 Å². The zero-order valence-corrected chi connectivity index (χ0v) is 19.8. The van der Waals surface area contributed by atoms with E-state index in [1.54, 1.807) is 6.92 Å². The number of tetrazole rings is 1. The van der Waals surface area contributed by atoms with E-state index < -0.39 is 48.5 Å². The van der Waals surface area contributed by atoms with Gasteiger partial charge in [-0.25, -0.2) is 13.8 Å². The maximum Gasteiger partial charge on any atom is 0.417 e. The zero-order valence-electron chi connectivity index (χ0n) is 19.0. The van der Waals surface area contributed by atoms with Crippen LogP contribution in [0.4, 0.5) is 22.0 Å². The SMILES string of the molecule is CC1CC(F)(F)CN(C(=O)c2cc(Cl)ccc2-c2nnn(C)n2)C1COc1ccc(C(F)(F)F)cn1. The Kier molecular flexibility index (Phi) is 6.86. The molecule has 1 fully saturated rings. The van der Waals surface area contributed by atoms with Gasteiger partial charge in [0.15, 0.2) is 0 Å². The highest BCUT2D eigenvalue weighted by Gasteiger charge is 2.47. The number of hydrogen-bond acceptors (Lipinski definition) is 6. The Bertz CT molecular complexity index is 1250. The summed E-state index contributed by atoms with van der Waals surface area (Å²) in [6, 6.07) is 5.34. The highest BCUT2D eigenvalue weighted by atomic mass is 35.5. The Hall–Kier alpha value is -3.35. The first kappa shape index (κ1) is 25.7. The number of aryl methyl sites for hydroxylation is 1. The Balaban J connectivity index is 1.63. The number of piperidine rings is 1. The molecule has 14 heteroatoms. The van der Waals surface area contributed by atoms with Gasteiger partial charge in [-0.15, -0.1) is 10.2 Å². The summed E-state index contributed by atoms with van der Waals surface area (Å²) in [5, 5.41) is 11.9. The van der Waals surface area contributed by atoms with Gasteiger partial charge in [-0.05, 0) is 35.4 Å². The molecular weight excluding hydrogens is 511 g/mol. The van der Waals surface area contributed by atoms with Crippen molar-refractivity contribution in [3.05, 3.63) is 52.7 Å². The second-order valence-corrected chi connectivity index (χ2v) is 8.96. The van der Waals surface area contributed by atoms with Crippen LogP contribution in [0.3, 0.4) is 0 Å². The predicted octanol–water partition coefficient (Wildman–Crippen LogP) is 4.51. The lowest BCUT2D eigenvalue weighted by atomic mass is 9.88. The van der Waals surface area contributed by atoms with E-state index >= 15 is 0 Å². The van der Waals surface area contributed by atoms with Crippen molar-refractivity contribution in [1.29, 1.82) is 0 Å². The minimum absolute atomic E-state index is 0.00180. The average Bonchev–Trinajstić information content (AvgIpc) is 3.22. The van der Waals surface area contributed by atoms with Crippen molar-refractivity contribution in [2.75, 3.05) is 13.2 Å². The van der Waals surface area contributed by atoms with Crippen molar-refractivity contribution < 1.29 is 31.5 Å². The molecule has 1 aliphatic rings. The van der Waals surface area contributed by atoms with Gasteiger partial charge in [0.1, 0.15) is 6.61 Å². The molecule has 36 heavy (non-hydrogen) atoms. The molecule has 1 amide bonds. The summed E-state index contributed by atoms with van der Waals surface area (Å²) in [4.78, 5) is 19.4. The number of carbonyl (C=O) groups excluding carboxylic acids is 1. The monoisotopic (exact) mass is 530 g/mol. The van der Waals surface area contributed by atoms with Gasteiger partial charge in [-0.3, -0.25) is 4.79 Å². The van der Waals surface area contributed by atoms with Gasteiger partial charge in [0.2, 0.25) is 11.7 Å². The Morgan fingerprint density at radius 2 is 2.00 bits per heavy atom. The number of pyridine rings is 1. The number of benzene rings is 1. The molecule has 0 spiro atoms. The molecule has 4 rings (SSSR count). The lowest BCUT2D eigenvalue weighted by Crippen LogP contribution is -2.57. The van der Waals surface area contributed by atoms with Gasteiger partial charge in [0, 0.05) is 29.3 Å². The van der Waals surface area contributed by atoms with Gasteiger partial charge in [0.05, 0.1) is 30.8 Å². The molecule has 1 saturated heterocycles. The summed E-state index contributed by atoms with van der Waals surface area (Å²) in [5.74, 6) is -4.64. The fourth-order valence-corrected chi connectivity index (χ4v) is 4.23. The van der Waals surface area contributed by atoms with E-state index in [0.717, 1.165) is 17.0 Å². The van der Waals surface area contributed by atoms with Gasteiger partial charge >= 0.3 is 6.18 Å². The minimum atomic E-state index is -4.56. The highest BCUT2D eigenvalue weighted by molar-refractivity contribution is 6.31. The predicted molar refractivity (Wildman–Crippen MR) is 118 cm³/mol. The molecule has 2 atom stereocenters. The lowest BCUT2D eigenvalue weighted by Gasteiger charge is -2.43. The molecule has 1 aromatic carbocycles. The van der Waals surface area contributed by atoms with Crippen molar-refractivity contribution in [3.63, 3.8) is 0 Å². The molecular formula is C22H20ClF5N6O2. The summed E-state index contributed by atoms with van der Waals surface area (Å²) in [5.41, 5.74) is -0.704. The van der Waals surface area contributed by atoms with Crippen LogP contribution in [-0.4, -0.2) is 61.1 Å². The van der Waals surface area contributed by atoms with Crippen molar-refractivity contribution in [2.45, 2.75) is 31.5 Å². The molecule has 2 aromatic heterocycles. The first-order chi connectivity index (χ1) is 16.8. The fourth-order valence-electron chi connectivity index (χ4n) is 4.06. The third-order valence-electron chi connectivity index (χ3n) is 5.77. The quantitative estimate of drug-likeness (QED) is 0.451. The zero-order chi connectivity index (χ0) is 26.3. The number of nitrogens with zero attached hydrogens (tertiary/aromatic N) is 6. The molecule has 0 bridgehead atoms. The molecule has 3 heterocycles. The number of hydrogen-bond donors (Lipinski definition) is 0. The molecule has 0 radical (unpaired) electrons. The molecule has 2 unspecified atom stereocenters. The van der Waals surface area contributed by atoms with Crippen LogP contribution in [0.2, 0.25) is 5.02 Å². The number of rotatable bonds is 5. The van der Waals surface area contributed by atoms with Crippen molar-refractivity contribution >= 4 is 17.5 Å². The molecule has 8 nitrogen and oxygen atoms in total. The van der Waals surface area contributed by atoms with Gasteiger partial charge in [-0.2, -0.15) is 18.0 Å². The number of ether oxygens (including phenoxy) is 1. The number of amides is 1. The van der Waals surface area contributed by atoms with E-state index in [1.807, 2.05) is 0 Å². The molecule has 3 aromatic rings. The number of likely N-dealkylation sites (tertiary alicyclic amines) is 1. The molecule has 0 N–H and O–H groups in total. The van der Waals surface area contributed by atoms with Crippen LogP contribution < -0.4 is 4.74 Å². The van der Waals surface area contributed by atoms with Gasteiger partial charge in [0.25, 0.3) is 11.8 Å². The van der Waals surface area contributed by atoms with Crippen LogP contribution in [0.15, 0.2) is 36.5 Å². The Labute approximate surface area is 207 Å². The van der Waals surface area contributed by atoms with E-state index in [2.05, 4.69) is 20.4 Å². The van der Waals surface area contributed by atoms with Gasteiger partial charge in [-0.1, -0.05) is 18.5 Å². The summed E-state index contributed by atoms with van der Waals surface area (Å²) < 4.78 is 73.0. The van der Waals surface area contributed by atoms with Crippen molar-refractivity contribution in [3.8, 4) is 17.3 Å². The lowest BCUT2D eigenvalue weighted by molar-refractivity contribution is -0.137. The number of carbonyl (C=O) groups is 1. The van der Waals surface area contributed by atoms with E-state index in [1.165, 1.54) is 30.0 Å². The van der Waals surface area contributed by atoms with Crippen LogP contribution in [0.1, 0.15) is 29.3 Å². The summed E-state index contributed by atoms with van der Waals surface area (Å²) in [6.07, 6.45) is -4.45. The fraction of sp³-hybridized carbons (Fsp3) is 0.409. The second kappa shape index (κ2) is 9.60. The number of halogens is 6. The Morgan fingerprint density at radius 3 is 2.61 bits per heavy atom. The minimum Gasteiger partial charge on any atom is -0.475 e. The maximum atomic E-state index is 14.6. The van der Waals surface area contributed by atoms with E-state index in [-0.39, 0.29) is 34.5 Å². The standard InChI is InChI=1S/C22H20ClF5N6O2/c1-12-8-21(24,25)11-34(17(12)10-36-18-6-3-13(9-29-18)22(26,27)28)20(35)16-7-14(23)4-5-15(16)19-30-32-33(2)31-19/h3-7,9,12,17H,8,10-11H2,1-2H3. The van der Waals surface area contributed by atoms with Crippen LogP contribution in [0.25, 0.3) is 11.4 Å². The van der Waals surface area contributed by atoms with Crippen LogP contribution in [0.5, 0.6) is 5.88 Å². The first-order valence-corrected chi connectivity index (χ1v) is 11.1. The van der Waals surface area contributed by atoms with Crippen LogP contribution in [-0.2, 0) is 13.2 Å². The summed E-state index contributed by atoms with van der Waals surface area (Å²) >= 11 is 6.11.